The van der Waals surface area contributed by atoms with E-state index < -0.39 is 10.0 Å². The van der Waals surface area contributed by atoms with E-state index in [1.54, 1.807) is 0 Å². The first-order chi connectivity index (χ1) is 29.0. The van der Waals surface area contributed by atoms with Crippen LogP contribution in [0.1, 0.15) is 0 Å². The smallest absolute Gasteiger partial charge is 0.166 e. The number of thiophene rings is 1. The summed E-state index contributed by atoms with van der Waals surface area (Å²) in [5.41, 5.74) is 11.4. The molecule has 4 heterocycles. The van der Waals surface area contributed by atoms with Gasteiger partial charge in [-0.3, -0.25) is 0 Å². The van der Waals surface area contributed by atoms with E-state index in [-0.39, 0.29) is 0 Å². The zero-order valence-corrected chi connectivity index (χ0v) is 34.1. The van der Waals surface area contributed by atoms with Gasteiger partial charge < -0.3 is 4.57 Å². The highest BCUT2D eigenvalue weighted by atomic mass is 32.3. The predicted molar refractivity (Wildman–Crippen MR) is 250 cm³/mol. The molecule has 0 atom stereocenters. The molecule has 59 heavy (non-hydrogen) atoms. The Kier molecular flexibility index (Phi) is 7.58. The summed E-state index contributed by atoms with van der Waals surface area (Å²) >= 11 is 1.87. The summed E-state index contributed by atoms with van der Waals surface area (Å²) < 4.78 is 4.98. The van der Waals surface area contributed by atoms with Gasteiger partial charge in [0.2, 0.25) is 0 Å². The summed E-state index contributed by atoms with van der Waals surface area (Å²) in [6.45, 7) is 0. The van der Waals surface area contributed by atoms with Gasteiger partial charge in [-0.05, 0) is 77.2 Å². The van der Waals surface area contributed by atoms with Gasteiger partial charge >= 0.3 is 0 Å². The molecule has 1 aliphatic heterocycles. The second-order valence-electron chi connectivity index (χ2n) is 15.6. The van der Waals surface area contributed by atoms with Gasteiger partial charge in [-0.1, -0.05) is 140 Å². The van der Waals surface area contributed by atoms with E-state index in [0.29, 0.717) is 17.5 Å². The van der Waals surface area contributed by atoms with Crippen molar-refractivity contribution in [2.75, 3.05) is 12.5 Å². The van der Waals surface area contributed by atoms with Gasteiger partial charge in [0.15, 0.2) is 17.5 Å². The van der Waals surface area contributed by atoms with E-state index in [2.05, 4.69) is 181 Å². The molecule has 8 aromatic carbocycles. The zero-order valence-electron chi connectivity index (χ0n) is 32.4. The first-order valence-corrected chi connectivity index (χ1v) is 23.1. The highest BCUT2D eigenvalue weighted by Crippen LogP contribution is 2.67. The summed E-state index contributed by atoms with van der Waals surface area (Å²) in [5, 5.41) is 5.00. The number of aromatic nitrogens is 4. The lowest BCUT2D eigenvalue weighted by atomic mass is 10.0. The van der Waals surface area contributed by atoms with Crippen molar-refractivity contribution in [1.82, 2.24) is 19.5 Å². The Morgan fingerprint density at radius 1 is 0.407 bits per heavy atom. The molecule has 0 amide bonds. The Balaban J connectivity index is 1.08. The fourth-order valence-electron chi connectivity index (χ4n) is 9.12. The maximum absolute atomic E-state index is 5.35. The first kappa shape index (κ1) is 34.2. The predicted octanol–water partition coefficient (Wildman–Crippen LogP) is 14.5. The Hall–Kier alpha value is -6.86. The Bertz CT molecular complexity index is 3470. The molecule has 0 unspecified atom stereocenters. The third-order valence-electron chi connectivity index (χ3n) is 11.9. The summed E-state index contributed by atoms with van der Waals surface area (Å²) in [6.07, 6.45) is 4.79. The lowest BCUT2D eigenvalue weighted by Gasteiger charge is -2.28. The van der Waals surface area contributed by atoms with Gasteiger partial charge in [-0.2, -0.15) is 10.0 Å². The maximum Gasteiger partial charge on any atom is 0.166 e. The van der Waals surface area contributed by atoms with Gasteiger partial charge in [0.05, 0.1) is 16.7 Å². The number of nitrogens with zero attached hydrogens (tertiary/aromatic N) is 4. The minimum Gasteiger partial charge on any atom is -0.308 e. The molecule has 0 saturated carbocycles. The maximum atomic E-state index is 5.35. The fourth-order valence-corrected chi connectivity index (χ4v) is 12.9. The highest BCUT2D eigenvalue weighted by Gasteiger charge is 2.32. The van der Waals surface area contributed by atoms with Crippen LogP contribution in [0.3, 0.4) is 0 Å². The summed E-state index contributed by atoms with van der Waals surface area (Å²) in [4.78, 5) is 18.6. The van der Waals surface area contributed by atoms with Gasteiger partial charge in [0.1, 0.15) is 0 Å². The van der Waals surface area contributed by atoms with Crippen molar-refractivity contribution in [1.29, 1.82) is 0 Å². The van der Waals surface area contributed by atoms with E-state index in [1.807, 2.05) is 29.5 Å². The van der Waals surface area contributed by atoms with Gasteiger partial charge in [0.25, 0.3) is 0 Å². The van der Waals surface area contributed by atoms with Crippen molar-refractivity contribution in [3.8, 4) is 62.1 Å². The monoisotopic (exact) mass is 792 g/mol. The molecular weight excluding hydrogens is 757 g/mol. The van der Waals surface area contributed by atoms with Gasteiger partial charge in [-0.15, -0.1) is 11.3 Å². The molecule has 11 aromatic rings. The normalized spacial score (nSPS) is 13.6. The van der Waals surface area contributed by atoms with Crippen LogP contribution in [0.5, 0.6) is 0 Å². The van der Waals surface area contributed by atoms with Crippen LogP contribution in [0.15, 0.2) is 192 Å². The zero-order chi connectivity index (χ0) is 39.2. The molecule has 0 N–H and O–H groups in total. The number of fused-ring (bicyclic) bond motifs is 9. The minimum atomic E-state index is -1.21. The first-order valence-electron chi connectivity index (χ1n) is 19.8. The molecule has 280 valence electrons. The van der Waals surface area contributed by atoms with E-state index in [4.69, 9.17) is 15.0 Å². The number of benzene rings is 8. The minimum absolute atomic E-state index is 0.640. The van der Waals surface area contributed by atoms with Crippen molar-refractivity contribution < 1.29 is 0 Å². The molecule has 0 bridgehead atoms. The molecule has 0 saturated heterocycles. The average Bonchev–Trinajstić information content (AvgIpc) is 3.90. The largest absolute Gasteiger partial charge is 0.308 e. The second kappa shape index (κ2) is 13.1. The molecule has 3 aromatic heterocycles. The van der Waals surface area contributed by atoms with Crippen LogP contribution < -0.4 is 0 Å². The molecule has 0 aliphatic carbocycles. The SMILES string of the molecule is CS1(C)c2ccccc2-c2ccc(-c3nc(-c4ccccc4)nc(-c4ccccc4-n4c5ccccc5c5cc6c(cc54)sc4c(-c5ccccc5)cccc46)n3)cc21. The van der Waals surface area contributed by atoms with Crippen molar-refractivity contribution in [2.45, 2.75) is 9.79 Å². The third kappa shape index (κ3) is 5.27. The lowest BCUT2D eigenvalue weighted by Crippen LogP contribution is -2.04. The molecule has 6 heteroatoms. The van der Waals surface area contributed by atoms with Crippen molar-refractivity contribution in [2.24, 2.45) is 0 Å². The lowest BCUT2D eigenvalue weighted by molar-refractivity contribution is 1.06. The van der Waals surface area contributed by atoms with E-state index in [0.717, 1.165) is 33.4 Å². The highest BCUT2D eigenvalue weighted by molar-refractivity contribution is 8.33. The number of para-hydroxylation sites is 2. The number of hydrogen-bond acceptors (Lipinski definition) is 4. The Morgan fingerprint density at radius 2 is 1.03 bits per heavy atom. The molecule has 12 rings (SSSR count). The van der Waals surface area contributed by atoms with Crippen LogP contribution in [-0.2, 0) is 0 Å². The summed E-state index contributed by atoms with van der Waals surface area (Å²) in [7, 11) is -1.21. The van der Waals surface area contributed by atoms with E-state index >= 15 is 0 Å². The van der Waals surface area contributed by atoms with Crippen molar-refractivity contribution in [3.63, 3.8) is 0 Å². The van der Waals surface area contributed by atoms with Crippen LogP contribution in [0.25, 0.3) is 104 Å². The summed E-state index contributed by atoms with van der Waals surface area (Å²) in [6, 6.07) is 65.4. The average molecular weight is 793 g/mol. The molecule has 0 spiro atoms. The van der Waals surface area contributed by atoms with Crippen LogP contribution in [0.4, 0.5) is 0 Å². The van der Waals surface area contributed by atoms with Crippen LogP contribution in [0, 0.1) is 0 Å². The van der Waals surface area contributed by atoms with Gasteiger partial charge in [0, 0.05) is 57.4 Å². The fraction of sp³-hybridized carbons (Fsp3) is 0.0377. The number of rotatable bonds is 5. The molecule has 1 aliphatic rings. The topological polar surface area (TPSA) is 43.6 Å². The standard InChI is InChI=1S/C53H36N4S2/c1-59(2)48-27-14-11-21-38(48)39-29-28-35(30-49(39)59)52-54-51(34-18-7-4-8-19-34)55-53(56-52)41-22-10-13-26-45(41)57-44-25-12-9-20-37(44)42-31-43-40-24-15-23-36(33-16-5-3-6-17-33)50(40)58-47(43)32-46(42)57/h3-32H,1-2H3. The Morgan fingerprint density at radius 3 is 1.86 bits per heavy atom. The van der Waals surface area contributed by atoms with E-state index in [9.17, 15) is 0 Å². The molecule has 4 nitrogen and oxygen atoms in total. The third-order valence-corrected chi connectivity index (χ3v) is 16.0. The second-order valence-corrected chi connectivity index (χ2v) is 20.2. The quantitative estimate of drug-likeness (QED) is 0.174. The molecular formula is C53H36N4S2. The Labute approximate surface area is 347 Å². The van der Waals surface area contributed by atoms with E-state index in [1.165, 1.54) is 63.0 Å². The summed E-state index contributed by atoms with van der Waals surface area (Å²) in [5.74, 6) is 1.96. The van der Waals surface area contributed by atoms with Crippen LogP contribution in [0.2, 0.25) is 0 Å². The van der Waals surface area contributed by atoms with Crippen molar-refractivity contribution in [3.05, 3.63) is 182 Å². The number of hydrogen-bond donors (Lipinski definition) is 0. The molecule has 0 radical (unpaired) electrons. The van der Waals surface area contributed by atoms with Crippen LogP contribution >= 0.6 is 21.4 Å². The van der Waals surface area contributed by atoms with Crippen molar-refractivity contribution >= 4 is 63.3 Å². The molecule has 0 fully saturated rings. The van der Waals surface area contributed by atoms with Crippen LogP contribution in [-0.4, -0.2) is 32.0 Å². The van der Waals surface area contributed by atoms with Gasteiger partial charge in [-0.25, -0.2) is 15.0 Å².